The molecule has 3 heterocycles. The van der Waals surface area contributed by atoms with Crippen LogP contribution in [0.4, 0.5) is 22.9 Å². The highest BCUT2D eigenvalue weighted by Crippen LogP contribution is 2.22. The predicted octanol–water partition coefficient (Wildman–Crippen LogP) is 1.26. The second kappa shape index (κ2) is 7.55. The zero-order valence-electron chi connectivity index (χ0n) is 14.6. The molecule has 8 heteroatoms. The Hall–Kier alpha value is -3.26. The minimum atomic E-state index is -0.532. The van der Waals surface area contributed by atoms with Crippen LogP contribution in [0.1, 0.15) is 5.69 Å². The molecular weight excluding hydrogens is 346 g/mol. The number of nitrogens with one attached hydrogen (secondary N) is 2. The lowest BCUT2D eigenvalue weighted by molar-refractivity contribution is 0.122. The molecule has 0 atom stereocenters. The summed E-state index contributed by atoms with van der Waals surface area (Å²) in [7, 11) is 0. The van der Waals surface area contributed by atoms with Crippen LogP contribution in [-0.4, -0.2) is 36.3 Å². The van der Waals surface area contributed by atoms with Crippen molar-refractivity contribution < 1.29 is 4.74 Å². The first kappa shape index (κ1) is 17.2. The fourth-order valence-corrected chi connectivity index (χ4v) is 2.95. The molecule has 0 bridgehead atoms. The zero-order valence-corrected chi connectivity index (χ0v) is 14.6. The Labute approximate surface area is 155 Å². The van der Waals surface area contributed by atoms with Crippen molar-refractivity contribution in [3.63, 3.8) is 0 Å². The fraction of sp³-hybridized carbons (Fsp3) is 0.263. The highest BCUT2D eigenvalue weighted by molar-refractivity contribution is 5.78. The minimum Gasteiger partial charge on any atom is -0.378 e. The van der Waals surface area contributed by atoms with Gasteiger partial charge in [-0.05, 0) is 24.3 Å². The Bertz CT molecular complexity index is 975. The van der Waals surface area contributed by atoms with Crippen molar-refractivity contribution in [1.29, 1.82) is 0 Å². The van der Waals surface area contributed by atoms with Gasteiger partial charge in [-0.3, -0.25) is 14.6 Å². The summed E-state index contributed by atoms with van der Waals surface area (Å²) in [4.78, 5) is 34.6. The predicted molar refractivity (Wildman–Crippen MR) is 103 cm³/mol. The smallest absolute Gasteiger partial charge is 0.253 e. The lowest BCUT2D eigenvalue weighted by atomic mass is 10.1. The zero-order chi connectivity index (χ0) is 18.6. The maximum Gasteiger partial charge on any atom is 0.253 e. The van der Waals surface area contributed by atoms with Crippen LogP contribution in [0.15, 0.2) is 52.3 Å². The van der Waals surface area contributed by atoms with Gasteiger partial charge in [0.15, 0.2) is 0 Å². The van der Waals surface area contributed by atoms with E-state index in [1.807, 2.05) is 30.3 Å². The molecule has 0 unspecified atom stereocenters. The van der Waals surface area contributed by atoms with Crippen LogP contribution in [0.5, 0.6) is 0 Å². The van der Waals surface area contributed by atoms with Crippen molar-refractivity contribution in [2.45, 2.75) is 6.54 Å². The van der Waals surface area contributed by atoms with Gasteiger partial charge in [0.25, 0.3) is 10.9 Å². The molecule has 2 aromatic heterocycles. The third-order valence-electron chi connectivity index (χ3n) is 4.44. The topological polar surface area (TPSA) is 96.5 Å². The maximum atomic E-state index is 11.9. The number of aromatic nitrogens is 2. The number of rotatable bonds is 6. The quantitative estimate of drug-likeness (QED) is 0.631. The molecule has 0 amide bonds. The summed E-state index contributed by atoms with van der Waals surface area (Å²) < 4.78 is 5.34. The Morgan fingerprint density at radius 3 is 2.52 bits per heavy atom. The molecule has 1 saturated heterocycles. The highest BCUT2D eigenvalue weighted by Gasteiger charge is 2.21. The van der Waals surface area contributed by atoms with Gasteiger partial charge in [-0.15, -0.1) is 0 Å². The largest absolute Gasteiger partial charge is 0.378 e. The van der Waals surface area contributed by atoms with E-state index in [4.69, 9.17) is 4.74 Å². The lowest BCUT2D eigenvalue weighted by Gasteiger charge is -2.27. The number of pyridine rings is 2. The van der Waals surface area contributed by atoms with E-state index in [0.717, 1.165) is 24.6 Å². The first-order chi connectivity index (χ1) is 13.2. The Balaban J connectivity index is 1.44. The minimum absolute atomic E-state index is 0.261. The molecule has 0 radical (unpaired) electrons. The van der Waals surface area contributed by atoms with Gasteiger partial charge in [-0.2, -0.15) is 0 Å². The molecule has 0 aliphatic carbocycles. The van der Waals surface area contributed by atoms with Crippen LogP contribution in [0.3, 0.4) is 0 Å². The molecule has 4 rings (SSSR count). The van der Waals surface area contributed by atoms with E-state index in [-0.39, 0.29) is 11.4 Å². The lowest BCUT2D eigenvalue weighted by Crippen LogP contribution is -2.37. The van der Waals surface area contributed by atoms with Crippen LogP contribution in [0.25, 0.3) is 0 Å². The number of hydrogen-bond donors (Lipinski definition) is 2. The molecule has 2 N–H and O–H groups in total. The van der Waals surface area contributed by atoms with E-state index in [0.29, 0.717) is 25.4 Å². The molecule has 27 heavy (non-hydrogen) atoms. The van der Waals surface area contributed by atoms with Gasteiger partial charge in [0.2, 0.25) is 0 Å². The summed E-state index contributed by atoms with van der Waals surface area (Å²) >= 11 is 0. The van der Waals surface area contributed by atoms with Crippen molar-refractivity contribution in [3.05, 3.63) is 68.9 Å². The maximum absolute atomic E-state index is 11.9. The summed E-state index contributed by atoms with van der Waals surface area (Å²) in [6.07, 6.45) is 3.34. The SMILES string of the molecule is O=c1c(NCc2ccccn2)c(Nc2ccc(N3CCOCC3)nc2)c1=O. The van der Waals surface area contributed by atoms with Gasteiger partial charge in [-0.1, -0.05) is 6.07 Å². The number of nitrogens with zero attached hydrogens (tertiary/aromatic N) is 3. The van der Waals surface area contributed by atoms with E-state index < -0.39 is 10.9 Å². The van der Waals surface area contributed by atoms with E-state index in [2.05, 4.69) is 25.5 Å². The average molecular weight is 365 g/mol. The molecule has 8 nitrogen and oxygen atoms in total. The van der Waals surface area contributed by atoms with E-state index in [9.17, 15) is 9.59 Å². The van der Waals surface area contributed by atoms with Crippen LogP contribution < -0.4 is 26.4 Å². The average Bonchev–Trinajstić information content (AvgIpc) is 2.74. The molecule has 0 saturated carbocycles. The number of morpholine rings is 1. The molecule has 1 aliphatic heterocycles. The van der Waals surface area contributed by atoms with Crippen LogP contribution in [0.2, 0.25) is 0 Å². The summed E-state index contributed by atoms with van der Waals surface area (Å²) in [5, 5.41) is 5.99. The van der Waals surface area contributed by atoms with Crippen molar-refractivity contribution >= 4 is 22.9 Å². The second-order valence-electron chi connectivity index (χ2n) is 6.21. The molecule has 1 fully saturated rings. The van der Waals surface area contributed by atoms with Crippen LogP contribution in [0, 0.1) is 0 Å². The Morgan fingerprint density at radius 1 is 1.00 bits per heavy atom. The first-order valence-corrected chi connectivity index (χ1v) is 8.75. The number of anilines is 4. The van der Waals surface area contributed by atoms with E-state index >= 15 is 0 Å². The molecule has 1 aliphatic rings. The van der Waals surface area contributed by atoms with E-state index in [1.54, 1.807) is 12.4 Å². The standard InChI is InChI=1S/C19H19N5O3/c25-18-16(22-11-13-3-1-2-6-20-13)17(19(18)26)23-14-4-5-15(21-12-14)24-7-9-27-10-8-24/h1-6,12,22-23H,7-11H2. The molecular formula is C19H19N5O3. The van der Waals surface area contributed by atoms with Gasteiger partial charge in [0.1, 0.15) is 17.2 Å². The summed E-state index contributed by atoms with van der Waals surface area (Å²) in [6, 6.07) is 9.27. The van der Waals surface area contributed by atoms with Crippen LogP contribution in [-0.2, 0) is 11.3 Å². The van der Waals surface area contributed by atoms with Crippen molar-refractivity contribution in [3.8, 4) is 0 Å². The van der Waals surface area contributed by atoms with Crippen molar-refractivity contribution in [2.75, 3.05) is 41.8 Å². The summed E-state index contributed by atoms with van der Waals surface area (Å²) in [5.74, 6) is 0.863. The number of ether oxygens (including phenoxy) is 1. The fourth-order valence-electron chi connectivity index (χ4n) is 2.95. The summed E-state index contributed by atoms with van der Waals surface area (Å²) in [6.45, 7) is 3.36. The third kappa shape index (κ3) is 3.65. The monoisotopic (exact) mass is 365 g/mol. The van der Waals surface area contributed by atoms with Crippen molar-refractivity contribution in [2.24, 2.45) is 0 Å². The van der Waals surface area contributed by atoms with E-state index in [1.165, 1.54) is 0 Å². The summed E-state index contributed by atoms with van der Waals surface area (Å²) in [5.41, 5.74) is 0.926. The Kier molecular flexibility index (Phi) is 4.80. The first-order valence-electron chi connectivity index (χ1n) is 8.75. The second-order valence-corrected chi connectivity index (χ2v) is 6.21. The molecule has 3 aromatic rings. The van der Waals surface area contributed by atoms with Gasteiger partial charge in [0, 0.05) is 19.3 Å². The van der Waals surface area contributed by atoms with Gasteiger partial charge in [0.05, 0.1) is 37.3 Å². The Morgan fingerprint density at radius 2 is 1.81 bits per heavy atom. The molecule has 1 aromatic carbocycles. The third-order valence-corrected chi connectivity index (χ3v) is 4.44. The van der Waals surface area contributed by atoms with Crippen LogP contribution >= 0.6 is 0 Å². The van der Waals surface area contributed by atoms with Crippen molar-refractivity contribution in [1.82, 2.24) is 9.97 Å². The van der Waals surface area contributed by atoms with Gasteiger partial charge >= 0.3 is 0 Å². The normalized spacial score (nSPS) is 14.3. The highest BCUT2D eigenvalue weighted by atomic mass is 16.5. The van der Waals surface area contributed by atoms with Gasteiger partial charge < -0.3 is 20.3 Å². The molecule has 0 spiro atoms. The van der Waals surface area contributed by atoms with Gasteiger partial charge in [-0.25, -0.2) is 4.98 Å². The number of hydrogen-bond acceptors (Lipinski definition) is 8. The molecule has 138 valence electrons.